The molecule has 4 aromatic heterocycles. The van der Waals surface area contributed by atoms with Crippen molar-refractivity contribution < 1.29 is 57.4 Å². The quantitative estimate of drug-likeness (QED) is 0.0723. The van der Waals surface area contributed by atoms with Crippen LogP contribution in [0, 0.1) is 37.3 Å². The second-order valence-corrected chi connectivity index (χ2v) is 17.7. The Balaban J connectivity index is 0.000000468. The number of aryl methyl sites for hydroxylation is 2. The Bertz CT molecular complexity index is 2790. The number of fused-ring (bicyclic) bond motifs is 2. The number of anilines is 4. The number of nitrogens with one attached hydrogen (secondary N) is 5. The molecule has 3 saturated heterocycles. The molecule has 2 aromatic carbocycles. The summed E-state index contributed by atoms with van der Waals surface area (Å²) in [6.07, 6.45) is 5.39. The highest BCUT2D eigenvalue weighted by Gasteiger charge is 2.48. The van der Waals surface area contributed by atoms with Crippen molar-refractivity contribution in [3.05, 3.63) is 95.5 Å². The minimum atomic E-state index is -2.80. The molecule has 384 valence electrons. The first kappa shape index (κ1) is 50.8. The molecule has 2 atom stereocenters. The summed E-state index contributed by atoms with van der Waals surface area (Å²) < 4.78 is 73.7. The Morgan fingerprint density at radius 3 is 1.60 bits per heavy atom. The number of morpholine rings is 1. The lowest BCUT2D eigenvalue weighted by Crippen LogP contribution is -2.71. The number of benzene rings is 2. The van der Waals surface area contributed by atoms with Crippen LogP contribution < -0.4 is 36.4 Å². The van der Waals surface area contributed by atoms with E-state index in [0.717, 1.165) is 11.1 Å². The smallest absolute Gasteiger partial charge is 0.345 e. The predicted molar refractivity (Wildman–Crippen MR) is 264 cm³/mol. The molecule has 9 rings (SSSR count). The van der Waals surface area contributed by atoms with E-state index >= 15 is 0 Å². The van der Waals surface area contributed by atoms with E-state index in [1.54, 1.807) is 17.0 Å². The van der Waals surface area contributed by atoms with E-state index in [0.29, 0.717) is 76.4 Å². The van der Waals surface area contributed by atoms with Crippen LogP contribution in [0.15, 0.2) is 70.0 Å². The SMILES string of the molecule is CC.Cc1c([C@H](NC(=O)Nc2cnc(N3CC(OC(F)F)C3)nc2)C(C)C)oc2ccc(F)cc12.Cc1c([C@H](NC(=O)Nc2cnc(N3CC4(CNC(=O)CO4)C3)nc2)C(C)C)oc2ccc(F)cc12.[HH].[HH].[HH].[HH].[HH]. The minimum Gasteiger partial charge on any atom is -0.459 e. The van der Waals surface area contributed by atoms with Crippen LogP contribution in [0.1, 0.15) is 83.4 Å². The lowest BCUT2D eigenvalue weighted by molar-refractivity contribution is -0.167. The number of carbonyl (C=O) groups excluding carboxylic acids is 3. The normalized spacial score (nSPS) is 16.2. The van der Waals surface area contributed by atoms with Crippen molar-refractivity contribution in [1.29, 1.82) is 0 Å². The lowest BCUT2D eigenvalue weighted by atomic mass is 9.93. The van der Waals surface area contributed by atoms with Crippen molar-refractivity contribution in [2.75, 3.05) is 59.8 Å². The Hall–Kier alpha value is -7.07. The Morgan fingerprint density at radius 2 is 1.20 bits per heavy atom. The van der Waals surface area contributed by atoms with Gasteiger partial charge in [0.1, 0.15) is 46.5 Å². The highest BCUT2D eigenvalue weighted by Crippen LogP contribution is 2.35. The van der Waals surface area contributed by atoms with Crippen molar-refractivity contribution in [2.45, 2.75) is 85.8 Å². The van der Waals surface area contributed by atoms with Crippen molar-refractivity contribution in [1.82, 2.24) is 35.9 Å². The van der Waals surface area contributed by atoms with Gasteiger partial charge in [0.15, 0.2) is 0 Å². The second-order valence-electron chi connectivity index (χ2n) is 17.7. The number of halogens is 4. The van der Waals surface area contributed by atoms with E-state index in [4.69, 9.17) is 13.6 Å². The average molecular weight is 986 g/mol. The van der Waals surface area contributed by atoms with E-state index in [-0.39, 0.29) is 61.8 Å². The molecule has 7 heterocycles. The summed E-state index contributed by atoms with van der Waals surface area (Å²) in [4.78, 5) is 57.3. The zero-order valence-electron chi connectivity index (χ0n) is 40.0. The number of amides is 5. The molecule has 0 radical (unpaired) electrons. The Kier molecular flexibility index (Phi) is 15.7. The molecule has 0 bridgehead atoms. The van der Waals surface area contributed by atoms with Gasteiger partial charge in [0.2, 0.25) is 17.8 Å². The number of nitrogens with zero attached hydrogens (tertiary/aromatic N) is 6. The first-order valence-electron chi connectivity index (χ1n) is 22.9. The van der Waals surface area contributed by atoms with Gasteiger partial charge in [-0.2, -0.15) is 8.78 Å². The summed E-state index contributed by atoms with van der Waals surface area (Å²) in [7, 11) is 0. The van der Waals surface area contributed by atoms with E-state index in [1.165, 1.54) is 49.1 Å². The standard InChI is InChI=1S/C24H27FN6O4.C22H24F3N5O3.C2H6.5H2/c1-13(2)20(21-14(3)17-6-15(25)4-5-18(17)35-21)30-23(33)29-16-7-26-22(27-8-16)31-11-24(12-31)10-28-19(32)9-34-24;1-11(2)18(19-12(3)16-6-13(23)4-5-17(16)33-19)29-22(31)28-14-7-26-21(27-8-14)30-9-15(10-30)32-20(24)25;1-2;;;;;/h4-8,13,20H,9-12H2,1-3H3,(H,28,32)(H2,29,30,33);4-8,11,15,18,20H,9-10H2,1-3H3,(H2,28,29,31);1-2H3;5*1H/t20-;18-;;;;;;/m11....../s1. The molecule has 70 heavy (non-hydrogen) atoms. The van der Waals surface area contributed by atoms with Crippen LogP contribution in [0.5, 0.6) is 0 Å². The zero-order chi connectivity index (χ0) is 50.4. The number of urea groups is 2. The number of rotatable bonds is 12. The van der Waals surface area contributed by atoms with Crippen LogP contribution in [0.3, 0.4) is 0 Å². The van der Waals surface area contributed by atoms with Gasteiger partial charge in [-0.3, -0.25) is 4.79 Å². The van der Waals surface area contributed by atoms with Crippen LogP contribution in [0.4, 0.5) is 50.4 Å². The molecule has 18 nitrogen and oxygen atoms in total. The first-order valence-corrected chi connectivity index (χ1v) is 22.9. The predicted octanol–water partition coefficient (Wildman–Crippen LogP) is 9.77. The third-order valence-corrected chi connectivity index (χ3v) is 11.9. The molecule has 0 aliphatic carbocycles. The van der Waals surface area contributed by atoms with Gasteiger partial charge in [0.25, 0.3) is 0 Å². The van der Waals surface area contributed by atoms with Gasteiger partial charge >= 0.3 is 18.7 Å². The molecule has 3 fully saturated rings. The molecular weight excluding hydrogens is 919 g/mol. The monoisotopic (exact) mass is 986 g/mol. The van der Waals surface area contributed by atoms with Gasteiger partial charge in [-0.1, -0.05) is 41.5 Å². The minimum absolute atomic E-state index is 0. The van der Waals surface area contributed by atoms with Crippen LogP contribution >= 0.6 is 0 Å². The van der Waals surface area contributed by atoms with Gasteiger partial charge in [0.05, 0.1) is 74.0 Å². The number of hydrogen-bond donors (Lipinski definition) is 5. The maximum Gasteiger partial charge on any atom is 0.345 e. The number of furan rings is 2. The molecule has 1 spiro atoms. The number of aromatic nitrogens is 4. The van der Waals surface area contributed by atoms with Crippen molar-refractivity contribution in [3.8, 4) is 0 Å². The summed E-state index contributed by atoms with van der Waals surface area (Å²) in [5.74, 6) is 1.25. The largest absolute Gasteiger partial charge is 0.459 e. The zero-order valence-corrected chi connectivity index (χ0v) is 40.0. The first-order chi connectivity index (χ1) is 33.4. The number of hydrogen-bond acceptors (Lipinski definition) is 13. The molecule has 5 N–H and O–H groups in total. The third-order valence-electron chi connectivity index (χ3n) is 11.9. The van der Waals surface area contributed by atoms with Crippen LogP contribution in [0.2, 0.25) is 0 Å². The van der Waals surface area contributed by atoms with E-state index in [2.05, 4.69) is 51.3 Å². The fourth-order valence-electron chi connectivity index (χ4n) is 8.21. The summed E-state index contributed by atoms with van der Waals surface area (Å²) in [6, 6.07) is 6.90. The van der Waals surface area contributed by atoms with E-state index < -0.39 is 36.9 Å². The maximum absolute atomic E-state index is 13.7. The Morgan fingerprint density at radius 1 is 0.757 bits per heavy atom. The number of ether oxygens (including phenoxy) is 2. The molecule has 6 aromatic rings. The van der Waals surface area contributed by atoms with Gasteiger partial charge in [0, 0.05) is 42.1 Å². The van der Waals surface area contributed by atoms with Crippen molar-refractivity contribution >= 4 is 63.2 Å². The molecule has 0 saturated carbocycles. The fraction of sp³-hybridized carbons (Fsp3) is 0.438. The second kappa shape index (κ2) is 21.7. The number of alkyl halides is 2. The Labute approximate surface area is 408 Å². The third kappa shape index (κ3) is 11.7. The van der Waals surface area contributed by atoms with Crippen LogP contribution in [-0.4, -0.2) is 95.6 Å². The molecule has 22 heteroatoms. The molecular formula is C48H67F4N11O7. The average Bonchev–Trinajstić information content (AvgIpc) is 3.80. The van der Waals surface area contributed by atoms with Gasteiger partial charge in [-0.05, 0) is 62.1 Å². The topological polar surface area (TPSA) is 214 Å². The highest BCUT2D eigenvalue weighted by atomic mass is 19.3. The van der Waals surface area contributed by atoms with Gasteiger partial charge < -0.3 is 54.7 Å². The van der Waals surface area contributed by atoms with Crippen molar-refractivity contribution in [3.63, 3.8) is 0 Å². The van der Waals surface area contributed by atoms with Crippen molar-refractivity contribution in [2.24, 2.45) is 11.8 Å². The van der Waals surface area contributed by atoms with Gasteiger partial charge in [-0.25, -0.2) is 38.3 Å². The van der Waals surface area contributed by atoms with Gasteiger partial charge in [-0.15, -0.1) is 0 Å². The van der Waals surface area contributed by atoms with Crippen LogP contribution in [0.25, 0.3) is 21.9 Å². The van der Waals surface area contributed by atoms with E-state index in [1.807, 2.05) is 60.3 Å². The summed E-state index contributed by atoms with van der Waals surface area (Å²) in [5, 5.41) is 15.4. The summed E-state index contributed by atoms with van der Waals surface area (Å²) in [6.45, 7) is 14.9. The highest BCUT2D eigenvalue weighted by molar-refractivity contribution is 5.90. The molecule has 3 aliphatic heterocycles. The lowest BCUT2D eigenvalue weighted by Gasteiger charge is -2.51. The van der Waals surface area contributed by atoms with E-state index in [9.17, 15) is 31.9 Å². The molecule has 3 aliphatic rings. The fourth-order valence-corrected chi connectivity index (χ4v) is 8.21. The summed E-state index contributed by atoms with van der Waals surface area (Å²) >= 11 is 0. The van der Waals surface area contributed by atoms with Crippen LogP contribution in [-0.2, 0) is 14.3 Å². The number of carbonyl (C=O) groups is 3. The molecule has 0 unspecified atom stereocenters. The maximum atomic E-state index is 13.7. The molecule has 5 amide bonds. The summed E-state index contributed by atoms with van der Waals surface area (Å²) in [5.41, 5.74) is 3.09.